The largest absolute Gasteiger partial charge is 0.507 e. The number of rotatable bonds is 6. The standard InChI is InChI=1S/C16H16N2O5/c1-3-23-15-7-4-12(9-16(15)22-2)17-10-11-8-13(18(20)21)5-6-14(11)19/h4-10,19H,3H2,1-2H3. The molecule has 0 saturated heterocycles. The van der Waals surface area contributed by atoms with Crippen LogP contribution in [0.5, 0.6) is 17.2 Å². The van der Waals surface area contributed by atoms with Gasteiger partial charge in [0.1, 0.15) is 5.75 Å². The lowest BCUT2D eigenvalue weighted by Crippen LogP contribution is -1.94. The highest BCUT2D eigenvalue weighted by Crippen LogP contribution is 2.31. The number of ether oxygens (including phenoxy) is 2. The first-order chi connectivity index (χ1) is 11.0. The fourth-order valence-electron chi connectivity index (χ4n) is 1.91. The van der Waals surface area contributed by atoms with Gasteiger partial charge >= 0.3 is 0 Å². The maximum atomic E-state index is 10.8. The number of hydrogen-bond acceptors (Lipinski definition) is 6. The van der Waals surface area contributed by atoms with Crippen molar-refractivity contribution < 1.29 is 19.5 Å². The highest BCUT2D eigenvalue weighted by Gasteiger charge is 2.09. The Kier molecular flexibility index (Phi) is 5.14. The molecular formula is C16H16N2O5. The Bertz CT molecular complexity index is 743. The molecule has 7 nitrogen and oxygen atoms in total. The van der Waals surface area contributed by atoms with Gasteiger partial charge in [-0.1, -0.05) is 0 Å². The number of phenolic OH excluding ortho intramolecular Hbond substituents is 1. The number of non-ortho nitro benzene ring substituents is 1. The van der Waals surface area contributed by atoms with Gasteiger partial charge in [-0.25, -0.2) is 0 Å². The molecule has 0 heterocycles. The van der Waals surface area contributed by atoms with Gasteiger partial charge in [-0.3, -0.25) is 15.1 Å². The number of aromatic hydroxyl groups is 1. The minimum absolute atomic E-state index is 0.0859. The van der Waals surface area contributed by atoms with Gasteiger partial charge in [0.05, 0.1) is 24.3 Å². The first-order valence-electron chi connectivity index (χ1n) is 6.87. The van der Waals surface area contributed by atoms with E-state index in [9.17, 15) is 15.2 Å². The third-order valence-corrected chi connectivity index (χ3v) is 3.02. The summed E-state index contributed by atoms with van der Waals surface area (Å²) in [6.45, 7) is 2.39. The highest BCUT2D eigenvalue weighted by atomic mass is 16.6. The average Bonchev–Trinajstić information content (AvgIpc) is 2.55. The Morgan fingerprint density at radius 2 is 2.04 bits per heavy atom. The zero-order valence-electron chi connectivity index (χ0n) is 12.7. The molecule has 1 N–H and O–H groups in total. The van der Waals surface area contributed by atoms with Gasteiger partial charge in [0.2, 0.25) is 0 Å². The lowest BCUT2D eigenvalue weighted by molar-refractivity contribution is -0.384. The highest BCUT2D eigenvalue weighted by molar-refractivity contribution is 5.86. The summed E-state index contributed by atoms with van der Waals surface area (Å²) in [5, 5.41) is 20.5. The Balaban J connectivity index is 2.30. The van der Waals surface area contributed by atoms with Crippen molar-refractivity contribution in [2.75, 3.05) is 13.7 Å². The Hall–Kier alpha value is -3.09. The molecule has 0 bridgehead atoms. The van der Waals surface area contributed by atoms with E-state index in [4.69, 9.17) is 9.47 Å². The quantitative estimate of drug-likeness (QED) is 0.500. The zero-order chi connectivity index (χ0) is 16.8. The van der Waals surface area contributed by atoms with E-state index in [0.717, 1.165) is 0 Å². The average molecular weight is 316 g/mol. The summed E-state index contributed by atoms with van der Waals surface area (Å²) in [4.78, 5) is 14.4. The molecule has 0 aliphatic rings. The van der Waals surface area contributed by atoms with E-state index in [1.165, 1.54) is 31.5 Å². The molecule has 0 amide bonds. The van der Waals surface area contributed by atoms with Crippen LogP contribution in [0.1, 0.15) is 12.5 Å². The van der Waals surface area contributed by atoms with Crippen LogP contribution in [0.15, 0.2) is 41.4 Å². The van der Waals surface area contributed by atoms with E-state index in [-0.39, 0.29) is 17.0 Å². The van der Waals surface area contributed by atoms with Crippen LogP contribution >= 0.6 is 0 Å². The number of phenols is 1. The second kappa shape index (κ2) is 7.26. The van der Waals surface area contributed by atoms with E-state index >= 15 is 0 Å². The number of benzene rings is 2. The summed E-state index contributed by atoms with van der Waals surface area (Å²) in [6, 6.07) is 8.87. The molecule has 0 saturated carbocycles. The smallest absolute Gasteiger partial charge is 0.270 e. The summed E-state index contributed by atoms with van der Waals surface area (Å²) in [5.74, 6) is 1.05. The van der Waals surface area contributed by atoms with Gasteiger partial charge in [0, 0.05) is 30.0 Å². The van der Waals surface area contributed by atoms with Crippen LogP contribution in [0, 0.1) is 10.1 Å². The van der Waals surface area contributed by atoms with Crippen molar-refractivity contribution in [3.8, 4) is 17.2 Å². The molecule has 2 rings (SSSR count). The van der Waals surface area contributed by atoms with Gasteiger partial charge in [-0.15, -0.1) is 0 Å². The molecule has 2 aromatic rings. The minimum atomic E-state index is -0.531. The van der Waals surface area contributed by atoms with Crippen molar-refractivity contribution in [1.82, 2.24) is 0 Å². The summed E-state index contributed by atoms with van der Waals surface area (Å²) in [5.41, 5.74) is 0.705. The van der Waals surface area contributed by atoms with Crippen molar-refractivity contribution in [1.29, 1.82) is 0 Å². The molecule has 0 atom stereocenters. The number of nitro benzene ring substituents is 1. The first kappa shape index (κ1) is 16.3. The number of nitrogens with zero attached hydrogens (tertiary/aromatic N) is 2. The number of methoxy groups -OCH3 is 1. The van der Waals surface area contributed by atoms with Gasteiger partial charge in [0.25, 0.3) is 5.69 Å². The lowest BCUT2D eigenvalue weighted by atomic mass is 10.2. The Morgan fingerprint density at radius 3 is 2.70 bits per heavy atom. The first-order valence-corrected chi connectivity index (χ1v) is 6.87. The van der Waals surface area contributed by atoms with E-state index in [1.807, 2.05) is 6.92 Å². The van der Waals surface area contributed by atoms with Crippen LogP contribution < -0.4 is 9.47 Å². The van der Waals surface area contributed by atoms with Crippen molar-refractivity contribution in [3.05, 3.63) is 52.1 Å². The molecule has 0 unspecified atom stereocenters. The SMILES string of the molecule is CCOc1ccc(N=Cc2cc([N+](=O)[O-])ccc2O)cc1OC. The maximum Gasteiger partial charge on any atom is 0.270 e. The van der Waals surface area contributed by atoms with Crippen LogP contribution in [-0.4, -0.2) is 30.0 Å². The number of nitro groups is 1. The van der Waals surface area contributed by atoms with Crippen molar-refractivity contribution >= 4 is 17.6 Å². The molecule has 0 spiro atoms. The second-order valence-corrected chi connectivity index (χ2v) is 4.53. The maximum absolute atomic E-state index is 10.8. The van der Waals surface area contributed by atoms with Gasteiger partial charge in [-0.2, -0.15) is 0 Å². The summed E-state index contributed by atoms with van der Waals surface area (Å²) < 4.78 is 10.6. The van der Waals surface area contributed by atoms with E-state index in [1.54, 1.807) is 18.2 Å². The molecule has 0 fully saturated rings. The summed E-state index contributed by atoms with van der Waals surface area (Å²) >= 11 is 0. The van der Waals surface area contributed by atoms with Gasteiger partial charge < -0.3 is 14.6 Å². The fraction of sp³-hybridized carbons (Fsp3) is 0.188. The third kappa shape index (κ3) is 3.97. The number of hydrogen-bond donors (Lipinski definition) is 1. The van der Waals surface area contributed by atoms with Crippen LogP contribution in [-0.2, 0) is 0 Å². The van der Waals surface area contributed by atoms with Crippen molar-refractivity contribution in [2.45, 2.75) is 6.92 Å². The Morgan fingerprint density at radius 1 is 1.26 bits per heavy atom. The molecule has 2 aromatic carbocycles. The van der Waals surface area contributed by atoms with Crippen LogP contribution in [0.4, 0.5) is 11.4 Å². The minimum Gasteiger partial charge on any atom is -0.507 e. The molecular weight excluding hydrogens is 300 g/mol. The number of aliphatic imine (C=N–C) groups is 1. The molecule has 0 aromatic heterocycles. The zero-order valence-corrected chi connectivity index (χ0v) is 12.7. The monoisotopic (exact) mass is 316 g/mol. The molecule has 23 heavy (non-hydrogen) atoms. The normalized spacial score (nSPS) is 10.7. The van der Waals surface area contributed by atoms with E-state index < -0.39 is 4.92 Å². The van der Waals surface area contributed by atoms with Gasteiger partial charge in [0.15, 0.2) is 11.5 Å². The summed E-state index contributed by atoms with van der Waals surface area (Å²) in [6.07, 6.45) is 1.36. The fourth-order valence-corrected chi connectivity index (χ4v) is 1.91. The van der Waals surface area contributed by atoms with E-state index in [2.05, 4.69) is 4.99 Å². The predicted octanol–water partition coefficient (Wildman–Crippen LogP) is 3.46. The van der Waals surface area contributed by atoms with Crippen LogP contribution in [0.2, 0.25) is 0 Å². The van der Waals surface area contributed by atoms with Crippen LogP contribution in [0.3, 0.4) is 0 Å². The molecule has 7 heteroatoms. The van der Waals surface area contributed by atoms with Crippen molar-refractivity contribution in [2.24, 2.45) is 4.99 Å². The van der Waals surface area contributed by atoms with Gasteiger partial charge in [-0.05, 0) is 25.1 Å². The second-order valence-electron chi connectivity index (χ2n) is 4.53. The topological polar surface area (TPSA) is 94.2 Å². The Labute approximate surface area is 133 Å². The molecule has 0 aliphatic heterocycles. The van der Waals surface area contributed by atoms with E-state index in [0.29, 0.717) is 23.8 Å². The van der Waals surface area contributed by atoms with Crippen LogP contribution in [0.25, 0.3) is 0 Å². The molecule has 0 radical (unpaired) electrons. The summed E-state index contributed by atoms with van der Waals surface area (Å²) in [7, 11) is 1.53. The van der Waals surface area contributed by atoms with Crippen molar-refractivity contribution in [3.63, 3.8) is 0 Å². The lowest BCUT2D eigenvalue weighted by Gasteiger charge is -2.09. The molecule has 0 aliphatic carbocycles. The predicted molar refractivity (Wildman–Crippen MR) is 86.2 cm³/mol. The molecule has 120 valence electrons. The third-order valence-electron chi connectivity index (χ3n) is 3.02.